The van der Waals surface area contributed by atoms with Crippen LogP contribution in [-0.4, -0.2) is 22.8 Å². The molecule has 0 bridgehead atoms. The van der Waals surface area contributed by atoms with Gasteiger partial charge in [0.2, 0.25) is 0 Å². The third-order valence-electron chi connectivity index (χ3n) is 3.60. The van der Waals surface area contributed by atoms with Crippen LogP contribution in [0.15, 0.2) is 27.8 Å². The molecule has 1 saturated carbocycles. The first-order chi connectivity index (χ1) is 9.31. The molecule has 0 saturated heterocycles. The van der Waals surface area contributed by atoms with Gasteiger partial charge in [-0.05, 0) is 53.9 Å². The third-order valence-corrected chi connectivity index (χ3v) is 5.91. The summed E-state index contributed by atoms with van der Waals surface area (Å²) in [5.41, 5.74) is 0. The maximum absolute atomic E-state index is 4.51. The summed E-state index contributed by atoms with van der Waals surface area (Å²) in [6, 6.07) is 4.70. The lowest BCUT2D eigenvalue weighted by atomic mass is 10.1. The van der Waals surface area contributed by atoms with E-state index in [4.69, 9.17) is 0 Å². The first-order valence-electron chi connectivity index (χ1n) is 7.32. The molecule has 0 amide bonds. The van der Waals surface area contributed by atoms with Gasteiger partial charge in [-0.1, -0.05) is 26.2 Å². The van der Waals surface area contributed by atoms with Crippen LogP contribution in [0.2, 0.25) is 0 Å². The fourth-order valence-corrected chi connectivity index (χ4v) is 4.38. The maximum Gasteiger partial charge on any atom is 0.110 e. The van der Waals surface area contributed by atoms with Gasteiger partial charge in [0.15, 0.2) is 0 Å². The summed E-state index contributed by atoms with van der Waals surface area (Å²) in [7, 11) is 0. The molecule has 0 radical (unpaired) electrons. The van der Waals surface area contributed by atoms with Crippen molar-refractivity contribution in [1.29, 1.82) is 0 Å². The van der Waals surface area contributed by atoms with Crippen molar-refractivity contribution in [2.45, 2.75) is 61.8 Å². The van der Waals surface area contributed by atoms with Gasteiger partial charge in [-0.2, -0.15) is 0 Å². The zero-order valence-corrected chi connectivity index (χ0v) is 14.0. The molecule has 2 nitrogen and oxygen atoms in total. The molecule has 2 atom stereocenters. The van der Waals surface area contributed by atoms with E-state index in [2.05, 4.69) is 39.2 Å². The average Bonchev–Trinajstić information content (AvgIpc) is 2.64. The van der Waals surface area contributed by atoms with E-state index < -0.39 is 0 Å². The van der Waals surface area contributed by atoms with Crippen LogP contribution in [0.25, 0.3) is 0 Å². The SMILES string of the molecule is CCCNC1CCCCCC1Sc1ncccc1Br. The quantitative estimate of drug-likeness (QED) is 0.789. The monoisotopic (exact) mass is 342 g/mol. The molecule has 1 aliphatic carbocycles. The van der Waals surface area contributed by atoms with E-state index in [1.807, 2.05) is 24.0 Å². The van der Waals surface area contributed by atoms with Gasteiger partial charge in [-0.3, -0.25) is 0 Å². The van der Waals surface area contributed by atoms with Gasteiger partial charge >= 0.3 is 0 Å². The van der Waals surface area contributed by atoms with E-state index in [-0.39, 0.29) is 0 Å². The van der Waals surface area contributed by atoms with E-state index in [1.54, 1.807) is 0 Å². The van der Waals surface area contributed by atoms with Crippen molar-refractivity contribution in [3.05, 3.63) is 22.8 Å². The van der Waals surface area contributed by atoms with E-state index in [0.717, 1.165) is 16.0 Å². The first kappa shape index (κ1) is 15.3. The average molecular weight is 343 g/mol. The second-order valence-corrected chi connectivity index (χ2v) is 7.23. The molecule has 4 heteroatoms. The van der Waals surface area contributed by atoms with Crippen molar-refractivity contribution in [2.24, 2.45) is 0 Å². The molecular weight excluding hydrogens is 320 g/mol. The molecule has 19 heavy (non-hydrogen) atoms. The van der Waals surface area contributed by atoms with E-state index in [0.29, 0.717) is 11.3 Å². The molecule has 2 unspecified atom stereocenters. The zero-order chi connectivity index (χ0) is 13.5. The minimum atomic E-state index is 0.640. The van der Waals surface area contributed by atoms with E-state index in [1.165, 1.54) is 38.5 Å². The molecule has 1 aliphatic rings. The Balaban J connectivity index is 2.03. The Labute approximate surface area is 129 Å². The van der Waals surface area contributed by atoms with Crippen molar-refractivity contribution < 1.29 is 0 Å². The van der Waals surface area contributed by atoms with Crippen LogP contribution in [0.3, 0.4) is 0 Å². The summed E-state index contributed by atoms with van der Waals surface area (Å²) in [4.78, 5) is 4.51. The van der Waals surface area contributed by atoms with Crippen LogP contribution >= 0.6 is 27.7 Å². The van der Waals surface area contributed by atoms with Crippen molar-refractivity contribution in [1.82, 2.24) is 10.3 Å². The molecule has 2 rings (SSSR count). The fourth-order valence-electron chi connectivity index (χ4n) is 2.58. The first-order valence-corrected chi connectivity index (χ1v) is 8.99. The molecule has 0 aliphatic heterocycles. The zero-order valence-electron chi connectivity index (χ0n) is 11.6. The van der Waals surface area contributed by atoms with Gasteiger partial charge in [-0.25, -0.2) is 4.98 Å². The minimum Gasteiger partial charge on any atom is -0.313 e. The smallest absolute Gasteiger partial charge is 0.110 e. The van der Waals surface area contributed by atoms with Crippen LogP contribution in [0.1, 0.15) is 45.4 Å². The number of thioether (sulfide) groups is 1. The lowest BCUT2D eigenvalue weighted by molar-refractivity contribution is 0.469. The number of hydrogen-bond acceptors (Lipinski definition) is 3. The van der Waals surface area contributed by atoms with E-state index in [9.17, 15) is 0 Å². The Kier molecular flexibility index (Phi) is 6.68. The van der Waals surface area contributed by atoms with Gasteiger partial charge in [0, 0.05) is 22.0 Å². The topological polar surface area (TPSA) is 24.9 Å². The van der Waals surface area contributed by atoms with Gasteiger partial charge in [0.1, 0.15) is 5.03 Å². The van der Waals surface area contributed by atoms with Crippen molar-refractivity contribution in [3.8, 4) is 0 Å². The van der Waals surface area contributed by atoms with Crippen LogP contribution < -0.4 is 5.32 Å². The number of aromatic nitrogens is 1. The number of hydrogen-bond donors (Lipinski definition) is 1. The van der Waals surface area contributed by atoms with Gasteiger partial charge < -0.3 is 5.32 Å². The number of rotatable bonds is 5. The van der Waals surface area contributed by atoms with Crippen molar-refractivity contribution >= 4 is 27.7 Å². The summed E-state index contributed by atoms with van der Waals surface area (Å²) in [5, 5.41) is 5.53. The molecule has 1 aromatic rings. The predicted molar refractivity (Wildman–Crippen MR) is 86.7 cm³/mol. The van der Waals surface area contributed by atoms with Gasteiger partial charge in [0.05, 0.1) is 0 Å². The lowest BCUT2D eigenvalue weighted by Crippen LogP contribution is -2.37. The van der Waals surface area contributed by atoms with Crippen LogP contribution in [0.4, 0.5) is 0 Å². The summed E-state index contributed by atoms with van der Waals surface area (Å²) < 4.78 is 1.12. The van der Waals surface area contributed by atoms with Gasteiger partial charge in [0.25, 0.3) is 0 Å². The highest BCUT2D eigenvalue weighted by atomic mass is 79.9. The highest BCUT2D eigenvalue weighted by Gasteiger charge is 2.25. The molecule has 1 aromatic heterocycles. The Morgan fingerprint density at radius 3 is 3.00 bits per heavy atom. The summed E-state index contributed by atoms with van der Waals surface area (Å²) in [6.45, 7) is 3.37. The summed E-state index contributed by atoms with van der Waals surface area (Å²) >= 11 is 5.55. The highest BCUT2D eigenvalue weighted by molar-refractivity contribution is 9.10. The van der Waals surface area contributed by atoms with Crippen molar-refractivity contribution in [3.63, 3.8) is 0 Å². The van der Waals surface area contributed by atoms with E-state index >= 15 is 0 Å². The number of nitrogens with one attached hydrogen (secondary N) is 1. The number of halogens is 1. The molecule has 1 N–H and O–H groups in total. The third kappa shape index (κ3) is 4.76. The van der Waals surface area contributed by atoms with Crippen molar-refractivity contribution in [2.75, 3.05) is 6.54 Å². The second-order valence-electron chi connectivity index (χ2n) is 5.15. The Morgan fingerprint density at radius 2 is 2.21 bits per heavy atom. The predicted octanol–water partition coefficient (Wildman–Crippen LogP) is 4.64. The standard InChI is InChI=1S/C15H23BrN2S/c1-2-10-17-13-8-4-3-5-9-14(13)19-15-12(16)7-6-11-18-15/h6-7,11,13-14,17H,2-5,8-10H2,1H3. The van der Waals surface area contributed by atoms with Gasteiger partial charge in [-0.15, -0.1) is 11.8 Å². The fraction of sp³-hybridized carbons (Fsp3) is 0.667. The molecule has 1 fully saturated rings. The second kappa shape index (κ2) is 8.28. The molecule has 0 spiro atoms. The molecular formula is C15H23BrN2S. The Bertz CT molecular complexity index is 386. The number of nitrogens with zero attached hydrogens (tertiary/aromatic N) is 1. The lowest BCUT2D eigenvalue weighted by Gasteiger charge is -2.25. The van der Waals surface area contributed by atoms with Crippen LogP contribution in [0, 0.1) is 0 Å². The summed E-state index contributed by atoms with van der Waals surface area (Å²) in [6.07, 6.45) is 9.80. The maximum atomic E-state index is 4.51. The minimum absolute atomic E-state index is 0.640. The molecule has 106 valence electrons. The largest absolute Gasteiger partial charge is 0.313 e. The molecule has 0 aromatic carbocycles. The molecule has 1 heterocycles. The number of pyridine rings is 1. The van der Waals surface area contributed by atoms with Crippen LogP contribution in [0.5, 0.6) is 0 Å². The highest BCUT2D eigenvalue weighted by Crippen LogP contribution is 2.35. The van der Waals surface area contributed by atoms with Crippen LogP contribution in [-0.2, 0) is 0 Å². The normalized spacial score (nSPS) is 24.1. The Morgan fingerprint density at radius 1 is 1.37 bits per heavy atom. The summed E-state index contributed by atoms with van der Waals surface area (Å²) in [5.74, 6) is 0. The Hall–Kier alpha value is -0.0600.